The van der Waals surface area contributed by atoms with Crippen LogP contribution in [0.25, 0.3) is 0 Å². The van der Waals surface area contributed by atoms with Crippen LogP contribution in [0.4, 0.5) is 0 Å². The maximum absolute atomic E-state index is 12.4. The highest BCUT2D eigenvalue weighted by atomic mass is 79.9. The minimum atomic E-state index is -0.984. The summed E-state index contributed by atoms with van der Waals surface area (Å²) in [5.74, 6) is -0.447. The van der Waals surface area contributed by atoms with E-state index in [0.29, 0.717) is 18.9 Å². The Kier molecular flexibility index (Phi) is 7.72. The Labute approximate surface area is 151 Å². The van der Waals surface area contributed by atoms with E-state index in [4.69, 9.17) is 9.84 Å². The van der Waals surface area contributed by atoms with Gasteiger partial charge in [-0.2, -0.15) is 0 Å². The Morgan fingerprint density at radius 1 is 1.29 bits per heavy atom. The molecule has 1 heterocycles. The minimum absolute atomic E-state index is 0.0931. The van der Waals surface area contributed by atoms with Crippen LogP contribution in [-0.2, 0) is 20.9 Å². The molecule has 1 aliphatic heterocycles. The molecule has 0 radical (unpaired) electrons. The zero-order chi connectivity index (χ0) is 17.4. The number of carboxylic acids is 1. The predicted octanol–water partition coefficient (Wildman–Crippen LogP) is 3.46. The molecular formula is C18H24BrNO4. The van der Waals surface area contributed by atoms with E-state index < -0.39 is 5.97 Å². The molecule has 6 heteroatoms. The van der Waals surface area contributed by atoms with E-state index in [9.17, 15) is 9.59 Å². The number of nitrogens with zero attached hydrogens (tertiary/aromatic N) is 1. The van der Waals surface area contributed by atoms with Crippen LogP contribution in [0, 0.1) is 5.92 Å². The summed E-state index contributed by atoms with van der Waals surface area (Å²) < 4.78 is 6.26. The largest absolute Gasteiger partial charge is 0.480 e. The van der Waals surface area contributed by atoms with Gasteiger partial charge in [0.1, 0.15) is 6.54 Å². The van der Waals surface area contributed by atoms with Gasteiger partial charge in [0, 0.05) is 30.7 Å². The van der Waals surface area contributed by atoms with Crippen molar-refractivity contribution in [3.63, 3.8) is 0 Å². The molecule has 1 fully saturated rings. The third-order valence-corrected chi connectivity index (χ3v) is 4.78. The highest BCUT2D eigenvalue weighted by molar-refractivity contribution is 9.10. The van der Waals surface area contributed by atoms with Crippen molar-refractivity contribution in [2.24, 2.45) is 5.92 Å². The number of aliphatic carboxylic acids is 1. The summed E-state index contributed by atoms with van der Waals surface area (Å²) in [7, 11) is 0. The standard InChI is InChI=1S/C18H24BrNO4/c19-16-5-1-4-15(11-16)12-20(13-18(22)23)17(21)6-2-3-14-7-9-24-10-8-14/h1,4-5,11,14H,2-3,6-10,12-13H2,(H,22,23). The molecular weight excluding hydrogens is 374 g/mol. The fourth-order valence-electron chi connectivity index (χ4n) is 2.99. The molecule has 0 aromatic heterocycles. The van der Waals surface area contributed by atoms with Crippen molar-refractivity contribution in [2.75, 3.05) is 19.8 Å². The molecule has 1 amide bonds. The van der Waals surface area contributed by atoms with Crippen LogP contribution in [0.15, 0.2) is 28.7 Å². The summed E-state index contributed by atoms with van der Waals surface area (Å²) in [6.07, 6.45) is 4.33. The number of halogens is 1. The lowest BCUT2D eigenvalue weighted by molar-refractivity contribution is -0.145. The molecule has 2 rings (SSSR count). The number of rotatable bonds is 8. The van der Waals surface area contributed by atoms with Crippen LogP contribution >= 0.6 is 15.9 Å². The third-order valence-electron chi connectivity index (χ3n) is 4.29. The first-order valence-corrected chi connectivity index (χ1v) is 9.15. The molecule has 0 spiro atoms. The van der Waals surface area contributed by atoms with Gasteiger partial charge in [-0.3, -0.25) is 9.59 Å². The monoisotopic (exact) mass is 397 g/mol. The summed E-state index contributed by atoms with van der Waals surface area (Å²) >= 11 is 3.40. The molecule has 0 saturated carbocycles. The molecule has 1 saturated heterocycles. The van der Waals surface area contributed by atoms with E-state index in [0.717, 1.165) is 48.9 Å². The molecule has 5 nitrogen and oxygen atoms in total. The number of amides is 1. The highest BCUT2D eigenvalue weighted by Gasteiger charge is 2.19. The number of hydrogen-bond acceptors (Lipinski definition) is 3. The molecule has 0 atom stereocenters. The summed E-state index contributed by atoms with van der Waals surface area (Å²) in [4.78, 5) is 24.9. The van der Waals surface area contributed by atoms with Gasteiger partial charge >= 0.3 is 5.97 Å². The SMILES string of the molecule is O=C(O)CN(Cc1cccc(Br)c1)C(=O)CCCC1CCOCC1. The Balaban J connectivity index is 1.86. The van der Waals surface area contributed by atoms with Crippen LogP contribution in [-0.4, -0.2) is 41.6 Å². The lowest BCUT2D eigenvalue weighted by atomic mass is 9.94. The van der Waals surface area contributed by atoms with Crippen LogP contribution in [0.3, 0.4) is 0 Å². The number of ether oxygens (including phenoxy) is 1. The van der Waals surface area contributed by atoms with Crippen molar-refractivity contribution in [2.45, 2.75) is 38.6 Å². The van der Waals surface area contributed by atoms with Crippen LogP contribution in [0.1, 0.15) is 37.7 Å². The predicted molar refractivity (Wildman–Crippen MR) is 94.6 cm³/mol. The Morgan fingerprint density at radius 2 is 2.04 bits per heavy atom. The third kappa shape index (κ3) is 6.61. The average Bonchev–Trinajstić information content (AvgIpc) is 2.55. The fraction of sp³-hybridized carbons (Fsp3) is 0.556. The van der Waals surface area contributed by atoms with Crippen molar-refractivity contribution in [1.29, 1.82) is 0 Å². The van der Waals surface area contributed by atoms with Gasteiger partial charge in [-0.05, 0) is 49.3 Å². The first kappa shape index (κ1) is 18.9. The molecule has 1 aliphatic rings. The van der Waals surface area contributed by atoms with Crippen molar-refractivity contribution in [3.8, 4) is 0 Å². The molecule has 1 aromatic rings. The van der Waals surface area contributed by atoms with Gasteiger partial charge in [-0.15, -0.1) is 0 Å². The zero-order valence-corrected chi connectivity index (χ0v) is 15.3. The smallest absolute Gasteiger partial charge is 0.323 e. The van der Waals surface area contributed by atoms with E-state index in [2.05, 4.69) is 15.9 Å². The fourth-order valence-corrected chi connectivity index (χ4v) is 3.43. The van der Waals surface area contributed by atoms with Gasteiger partial charge in [0.25, 0.3) is 0 Å². The van der Waals surface area contributed by atoms with E-state index >= 15 is 0 Å². The van der Waals surface area contributed by atoms with Gasteiger partial charge in [-0.1, -0.05) is 28.1 Å². The average molecular weight is 398 g/mol. The van der Waals surface area contributed by atoms with Gasteiger partial charge in [0.2, 0.25) is 5.91 Å². The number of carboxylic acid groups (broad SMARTS) is 1. The van der Waals surface area contributed by atoms with Crippen molar-refractivity contribution in [1.82, 2.24) is 4.90 Å². The van der Waals surface area contributed by atoms with E-state index in [1.54, 1.807) is 0 Å². The first-order valence-electron chi connectivity index (χ1n) is 8.36. The second-order valence-corrected chi connectivity index (χ2v) is 7.14. The van der Waals surface area contributed by atoms with E-state index in [-0.39, 0.29) is 12.5 Å². The summed E-state index contributed by atoms with van der Waals surface area (Å²) in [5.41, 5.74) is 0.920. The molecule has 1 aromatic carbocycles. The highest BCUT2D eigenvalue weighted by Crippen LogP contribution is 2.21. The maximum Gasteiger partial charge on any atom is 0.323 e. The van der Waals surface area contributed by atoms with Crippen LogP contribution in [0.2, 0.25) is 0 Å². The normalized spacial score (nSPS) is 15.2. The second-order valence-electron chi connectivity index (χ2n) is 6.22. The molecule has 1 N–H and O–H groups in total. The number of benzene rings is 1. The van der Waals surface area contributed by atoms with Crippen LogP contribution < -0.4 is 0 Å². The molecule has 24 heavy (non-hydrogen) atoms. The number of hydrogen-bond donors (Lipinski definition) is 1. The van der Waals surface area contributed by atoms with Gasteiger partial charge in [-0.25, -0.2) is 0 Å². The van der Waals surface area contributed by atoms with E-state index in [1.807, 2.05) is 24.3 Å². The van der Waals surface area contributed by atoms with E-state index in [1.165, 1.54) is 4.90 Å². The van der Waals surface area contributed by atoms with Gasteiger partial charge in [0.05, 0.1) is 0 Å². The van der Waals surface area contributed by atoms with Crippen molar-refractivity contribution >= 4 is 27.8 Å². The Morgan fingerprint density at radius 3 is 2.71 bits per heavy atom. The minimum Gasteiger partial charge on any atom is -0.480 e. The lowest BCUT2D eigenvalue weighted by Gasteiger charge is -2.23. The first-order chi connectivity index (χ1) is 11.5. The zero-order valence-electron chi connectivity index (χ0n) is 13.7. The van der Waals surface area contributed by atoms with Gasteiger partial charge < -0.3 is 14.7 Å². The summed E-state index contributed by atoms with van der Waals surface area (Å²) in [6, 6.07) is 7.59. The van der Waals surface area contributed by atoms with Crippen molar-refractivity contribution in [3.05, 3.63) is 34.3 Å². The number of carbonyl (C=O) groups is 2. The topological polar surface area (TPSA) is 66.8 Å². The van der Waals surface area contributed by atoms with Gasteiger partial charge in [0.15, 0.2) is 0 Å². The lowest BCUT2D eigenvalue weighted by Crippen LogP contribution is -2.35. The molecule has 0 aliphatic carbocycles. The molecule has 0 unspecified atom stereocenters. The Hall–Kier alpha value is -1.40. The second kappa shape index (κ2) is 9.79. The molecule has 132 valence electrons. The summed E-state index contributed by atoms with van der Waals surface area (Å²) in [5, 5.41) is 9.08. The van der Waals surface area contributed by atoms with Crippen molar-refractivity contribution < 1.29 is 19.4 Å². The maximum atomic E-state index is 12.4. The quantitative estimate of drug-likeness (QED) is 0.729. The van der Waals surface area contributed by atoms with Crippen LogP contribution in [0.5, 0.6) is 0 Å². The molecule has 0 bridgehead atoms. The Bertz CT molecular complexity index is 558. The number of carbonyl (C=O) groups excluding carboxylic acids is 1. The summed E-state index contributed by atoms with van der Waals surface area (Å²) in [6.45, 7) is 1.68.